The molecule has 0 spiro atoms. The van der Waals surface area contributed by atoms with Crippen LogP contribution in [0.25, 0.3) is 0 Å². The van der Waals surface area contributed by atoms with Gasteiger partial charge in [-0.15, -0.1) is 0 Å². The minimum absolute atomic E-state index is 0.173. The second-order valence-electron chi connectivity index (χ2n) is 20.3. The third-order valence-corrected chi connectivity index (χ3v) is 14.4. The third-order valence-electron chi connectivity index (χ3n) is 13.7. The summed E-state index contributed by atoms with van der Waals surface area (Å²) in [6.07, 6.45) is 41.4. The number of hydrogen-bond donors (Lipinski definition) is 4. The van der Waals surface area contributed by atoms with E-state index in [2.05, 4.69) is 13.8 Å². The maximum Gasteiger partial charge on any atom is 0.306 e. The van der Waals surface area contributed by atoms with E-state index < -0.39 is 71.2 Å². The molecule has 1 saturated heterocycles. The smallest absolute Gasteiger partial charge is 0.306 e. The second kappa shape index (κ2) is 45.5. The number of ether oxygens (including phenoxy) is 4. The van der Waals surface area contributed by atoms with Crippen LogP contribution in [0.3, 0.4) is 0 Å². The summed E-state index contributed by atoms with van der Waals surface area (Å²) in [5.41, 5.74) is 0. The van der Waals surface area contributed by atoms with Crippen LogP contribution in [-0.4, -0.2) is 96.0 Å². The van der Waals surface area contributed by atoms with Gasteiger partial charge in [-0.05, 0) is 12.8 Å². The highest BCUT2D eigenvalue weighted by atomic mass is 32.2. The zero-order valence-electron chi connectivity index (χ0n) is 43.7. The molecule has 1 rings (SSSR count). The normalized spacial score (nSPS) is 19.1. The van der Waals surface area contributed by atoms with E-state index in [4.69, 9.17) is 18.9 Å². The van der Waals surface area contributed by atoms with E-state index in [1.165, 1.54) is 205 Å². The highest BCUT2D eigenvalue weighted by Gasteiger charge is 2.46. The fourth-order valence-electron chi connectivity index (χ4n) is 9.27. The topological polar surface area (TPSA) is 186 Å². The molecule has 0 aromatic carbocycles. The molecule has 4 N–H and O–H groups in total. The summed E-state index contributed by atoms with van der Waals surface area (Å²) in [7, 11) is -4.60. The summed E-state index contributed by atoms with van der Waals surface area (Å²) in [4.78, 5) is 25.6. The third kappa shape index (κ3) is 39.3. The average Bonchev–Trinajstić information content (AvgIpc) is 3.31. The van der Waals surface area contributed by atoms with Crippen molar-refractivity contribution in [1.29, 1.82) is 0 Å². The summed E-state index contributed by atoms with van der Waals surface area (Å²) in [5, 5.41) is 31.0. The highest BCUT2D eigenvalue weighted by Crippen LogP contribution is 2.24. The maximum atomic E-state index is 12.9. The van der Waals surface area contributed by atoms with Crippen LogP contribution in [0.5, 0.6) is 0 Å². The van der Waals surface area contributed by atoms with E-state index in [-0.39, 0.29) is 19.4 Å². The largest absolute Gasteiger partial charge is 0.462 e. The van der Waals surface area contributed by atoms with Gasteiger partial charge in [0.2, 0.25) is 0 Å². The predicted octanol–water partition coefficient (Wildman–Crippen LogP) is 13.6. The van der Waals surface area contributed by atoms with Crippen molar-refractivity contribution in [3.8, 4) is 0 Å². The lowest BCUT2D eigenvalue weighted by Gasteiger charge is -2.40. The Hall–Kier alpha value is -1.35. The van der Waals surface area contributed by atoms with E-state index in [1.807, 2.05) is 0 Å². The summed E-state index contributed by atoms with van der Waals surface area (Å²) >= 11 is 0. The van der Waals surface area contributed by atoms with E-state index in [9.17, 15) is 37.9 Å². The molecule has 404 valence electrons. The molecule has 12 nitrogen and oxygen atoms in total. The van der Waals surface area contributed by atoms with Gasteiger partial charge in [0.15, 0.2) is 12.4 Å². The van der Waals surface area contributed by atoms with Crippen molar-refractivity contribution >= 4 is 22.1 Å². The van der Waals surface area contributed by atoms with Gasteiger partial charge in [-0.1, -0.05) is 258 Å². The number of hydrogen-bond acceptors (Lipinski definition) is 11. The van der Waals surface area contributed by atoms with Crippen molar-refractivity contribution in [3.63, 3.8) is 0 Å². The SMILES string of the molecule is CCCCCCCCCCCCCCCCCCCCCCCCC(=O)O[C@H](COC(=O)CCCCCCCCCCCCCCCCCCCC)CO[C@H]1O[C@H](CS(=O)(=O)O)[C@@H](O)C(O)C1O. The minimum Gasteiger partial charge on any atom is -0.462 e. The molecule has 2 unspecified atom stereocenters. The molecule has 6 atom stereocenters. The van der Waals surface area contributed by atoms with Crippen molar-refractivity contribution in [2.24, 2.45) is 0 Å². The lowest BCUT2D eigenvalue weighted by molar-refractivity contribution is -0.297. The first-order valence-electron chi connectivity index (χ1n) is 28.6. The molecule has 1 aliphatic rings. The van der Waals surface area contributed by atoms with E-state index in [1.54, 1.807) is 0 Å². The summed E-state index contributed by atoms with van der Waals surface area (Å²) in [5.74, 6) is -1.95. The van der Waals surface area contributed by atoms with Crippen LogP contribution in [0.2, 0.25) is 0 Å². The Morgan fingerprint density at radius 2 is 0.750 bits per heavy atom. The number of carbonyl (C=O) groups is 2. The fraction of sp³-hybridized carbons (Fsp3) is 0.964. The Bertz CT molecular complexity index is 1250. The minimum atomic E-state index is -4.60. The number of unbranched alkanes of at least 4 members (excludes halogenated alkanes) is 38. The molecule has 1 heterocycles. The van der Waals surface area contributed by atoms with Gasteiger partial charge in [0.1, 0.15) is 36.8 Å². The lowest BCUT2D eigenvalue weighted by Crippen LogP contribution is -2.60. The number of carbonyl (C=O) groups excluding carboxylic acids is 2. The standard InChI is InChI=1S/C55H106O12S/c1-3-5-7-9-11-13-15-17-19-21-23-24-25-26-28-30-32-34-36-38-40-42-44-51(57)66-48(46-65-55-54(60)53(59)52(58)49(67-55)47-68(61,62)63)45-64-50(56)43-41-39-37-35-33-31-29-27-22-20-18-16-14-12-10-8-6-4-2/h48-49,52-55,58-60H,3-47H2,1-2H3,(H,61,62,63)/t48-,49-,52-,53?,54?,55+/m1/s1. The zero-order chi connectivity index (χ0) is 49.8. The first-order chi connectivity index (χ1) is 33.0. The van der Waals surface area contributed by atoms with Crippen LogP contribution in [0, 0.1) is 0 Å². The van der Waals surface area contributed by atoms with Crippen LogP contribution < -0.4 is 0 Å². The lowest BCUT2D eigenvalue weighted by atomic mass is 10.00. The van der Waals surface area contributed by atoms with Crippen molar-refractivity contribution in [1.82, 2.24) is 0 Å². The molecule has 0 aromatic heterocycles. The molecular weight excluding hydrogens is 885 g/mol. The highest BCUT2D eigenvalue weighted by molar-refractivity contribution is 7.85. The molecule has 1 fully saturated rings. The number of aliphatic hydroxyl groups excluding tert-OH is 3. The maximum absolute atomic E-state index is 12.9. The summed E-state index contributed by atoms with van der Waals surface area (Å²) in [6, 6.07) is 0. The van der Waals surface area contributed by atoms with Crippen LogP contribution in [0.1, 0.15) is 284 Å². The number of esters is 2. The van der Waals surface area contributed by atoms with Gasteiger partial charge in [0, 0.05) is 12.8 Å². The monoisotopic (exact) mass is 991 g/mol. The molecule has 13 heteroatoms. The molecule has 1 aliphatic heterocycles. The predicted molar refractivity (Wildman–Crippen MR) is 275 cm³/mol. The van der Waals surface area contributed by atoms with Gasteiger partial charge >= 0.3 is 11.9 Å². The molecular formula is C55H106O12S. The van der Waals surface area contributed by atoms with Gasteiger partial charge in [-0.3, -0.25) is 14.1 Å². The van der Waals surface area contributed by atoms with Gasteiger partial charge in [0.05, 0.1) is 6.61 Å². The van der Waals surface area contributed by atoms with Crippen LogP contribution >= 0.6 is 0 Å². The molecule has 0 bridgehead atoms. The van der Waals surface area contributed by atoms with Gasteiger partial charge in [-0.2, -0.15) is 8.42 Å². The second-order valence-corrected chi connectivity index (χ2v) is 21.8. The Morgan fingerprint density at radius 3 is 1.07 bits per heavy atom. The van der Waals surface area contributed by atoms with E-state index >= 15 is 0 Å². The molecule has 0 aliphatic carbocycles. The van der Waals surface area contributed by atoms with Crippen LogP contribution in [-0.2, 0) is 38.7 Å². The first-order valence-corrected chi connectivity index (χ1v) is 30.2. The fourth-order valence-corrected chi connectivity index (χ4v) is 9.96. The van der Waals surface area contributed by atoms with Crippen molar-refractivity contribution < 1.29 is 56.8 Å². The summed E-state index contributed by atoms with van der Waals surface area (Å²) in [6.45, 7) is 3.83. The first kappa shape index (κ1) is 64.7. The van der Waals surface area contributed by atoms with Crippen molar-refractivity contribution in [2.75, 3.05) is 19.0 Å². The van der Waals surface area contributed by atoms with Crippen molar-refractivity contribution in [2.45, 2.75) is 320 Å². The Morgan fingerprint density at radius 1 is 0.441 bits per heavy atom. The Labute approximate surface area is 416 Å². The quantitative estimate of drug-likeness (QED) is 0.0257. The van der Waals surface area contributed by atoms with E-state index in [0.717, 1.165) is 38.5 Å². The molecule has 0 amide bonds. The van der Waals surface area contributed by atoms with Crippen molar-refractivity contribution in [3.05, 3.63) is 0 Å². The number of aliphatic hydroxyl groups is 3. The van der Waals surface area contributed by atoms with Crippen LogP contribution in [0.15, 0.2) is 0 Å². The van der Waals surface area contributed by atoms with Gasteiger partial charge in [0.25, 0.3) is 10.1 Å². The molecule has 0 aromatic rings. The Kier molecular flexibility index (Phi) is 43.3. The Balaban J connectivity index is 2.29. The number of rotatable bonds is 50. The van der Waals surface area contributed by atoms with Crippen LogP contribution in [0.4, 0.5) is 0 Å². The molecule has 0 saturated carbocycles. The summed E-state index contributed by atoms with van der Waals surface area (Å²) < 4.78 is 54.4. The van der Waals surface area contributed by atoms with Gasteiger partial charge < -0.3 is 34.3 Å². The van der Waals surface area contributed by atoms with E-state index in [0.29, 0.717) is 12.8 Å². The average molecular weight is 992 g/mol. The molecule has 68 heavy (non-hydrogen) atoms. The zero-order valence-corrected chi connectivity index (χ0v) is 44.6. The van der Waals surface area contributed by atoms with Gasteiger partial charge in [-0.25, -0.2) is 0 Å². The molecule has 0 radical (unpaired) electrons.